The standard InChI is InChI=1S/C30H25NS/c1-32(2)29-13-6-5-12-27(29)28-17-16-26(20-30(28)32)31-25-11-7-10-23(19-25)24-15-14-21-8-3-4-9-22(21)18-24/h3-20,31H,1-2H3. The zero-order valence-electron chi connectivity index (χ0n) is 18.3. The van der Waals surface area contributed by atoms with Crippen molar-refractivity contribution in [3.8, 4) is 22.3 Å². The smallest absolute Gasteiger partial charge is 0.0395 e. The molecule has 0 radical (unpaired) electrons. The van der Waals surface area contributed by atoms with Crippen LogP contribution < -0.4 is 5.32 Å². The predicted octanol–water partition coefficient (Wildman–Crippen LogP) is 8.71. The highest BCUT2D eigenvalue weighted by Gasteiger charge is 2.31. The molecule has 0 amide bonds. The van der Waals surface area contributed by atoms with E-state index in [1.54, 1.807) is 0 Å². The second-order valence-corrected chi connectivity index (χ2v) is 12.3. The molecule has 2 heteroatoms. The number of benzene rings is 5. The van der Waals surface area contributed by atoms with Crippen molar-refractivity contribution in [1.29, 1.82) is 0 Å². The van der Waals surface area contributed by atoms with Crippen molar-refractivity contribution in [1.82, 2.24) is 0 Å². The Morgan fingerprint density at radius 1 is 0.500 bits per heavy atom. The van der Waals surface area contributed by atoms with E-state index >= 15 is 0 Å². The maximum absolute atomic E-state index is 3.66. The highest BCUT2D eigenvalue weighted by Crippen LogP contribution is 2.67. The first-order valence-electron chi connectivity index (χ1n) is 10.9. The number of hydrogen-bond acceptors (Lipinski definition) is 1. The molecule has 0 aliphatic carbocycles. The molecule has 0 fully saturated rings. The van der Waals surface area contributed by atoms with E-state index in [0.717, 1.165) is 11.4 Å². The molecule has 6 rings (SSSR count). The summed E-state index contributed by atoms with van der Waals surface area (Å²) in [6, 6.07) is 39.6. The summed E-state index contributed by atoms with van der Waals surface area (Å²) >= 11 is 0. The van der Waals surface area contributed by atoms with Gasteiger partial charge in [-0.25, -0.2) is 0 Å². The van der Waals surface area contributed by atoms with Crippen molar-refractivity contribution in [2.75, 3.05) is 17.8 Å². The van der Waals surface area contributed by atoms with Gasteiger partial charge in [0.05, 0.1) is 0 Å². The Bertz CT molecular complexity index is 1480. The molecular weight excluding hydrogens is 406 g/mol. The van der Waals surface area contributed by atoms with E-state index in [9.17, 15) is 0 Å². The SMILES string of the molecule is CS1(C)c2ccccc2-c2ccc(Nc3cccc(-c4ccc5ccccc5c4)c3)cc21. The van der Waals surface area contributed by atoms with Crippen molar-refractivity contribution in [3.63, 3.8) is 0 Å². The molecule has 5 aromatic rings. The van der Waals surface area contributed by atoms with Crippen molar-refractivity contribution >= 4 is 32.2 Å². The van der Waals surface area contributed by atoms with Crippen LogP contribution in [0.4, 0.5) is 11.4 Å². The molecule has 5 aromatic carbocycles. The molecule has 1 nitrogen and oxygen atoms in total. The minimum atomic E-state index is -0.992. The average molecular weight is 432 g/mol. The summed E-state index contributed by atoms with van der Waals surface area (Å²) in [4.78, 5) is 2.96. The van der Waals surface area contributed by atoms with Crippen LogP contribution in [0.3, 0.4) is 0 Å². The monoisotopic (exact) mass is 431 g/mol. The van der Waals surface area contributed by atoms with Gasteiger partial charge in [0.25, 0.3) is 0 Å². The largest absolute Gasteiger partial charge is 0.355 e. The lowest BCUT2D eigenvalue weighted by atomic mass is 10.0. The van der Waals surface area contributed by atoms with Crippen LogP contribution in [0.25, 0.3) is 33.0 Å². The normalized spacial score (nSPS) is 14.6. The lowest BCUT2D eigenvalue weighted by Gasteiger charge is -2.28. The number of fused-ring (bicyclic) bond motifs is 4. The number of anilines is 2. The van der Waals surface area contributed by atoms with Gasteiger partial charge in [0.2, 0.25) is 0 Å². The van der Waals surface area contributed by atoms with E-state index in [0.29, 0.717) is 0 Å². The van der Waals surface area contributed by atoms with Gasteiger partial charge in [0, 0.05) is 21.2 Å². The zero-order chi connectivity index (χ0) is 21.7. The molecule has 0 atom stereocenters. The van der Waals surface area contributed by atoms with Crippen LogP contribution in [0, 0.1) is 0 Å². The summed E-state index contributed by atoms with van der Waals surface area (Å²) in [7, 11) is -0.992. The topological polar surface area (TPSA) is 12.0 Å². The van der Waals surface area contributed by atoms with Crippen LogP contribution in [0.2, 0.25) is 0 Å². The van der Waals surface area contributed by atoms with Gasteiger partial charge in [-0.15, -0.1) is 0 Å². The van der Waals surface area contributed by atoms with Crippen LogP contribution >= 0.6 is 10.0 Å². The fraction of sp³-hybridized carbons (Fsp3) is 0.0667. The van der Waals surface area contributed by atoms with Gasteiger partial charge < -0.3 is 5.32 Å². The predicted molar refractivity (Wildman–Crippen MR) is 141 cm³/mol. The second kappa shape index (κ2) is 7.29. The van der Waals surface area contributed by atoms with E-state index in [-0.39, 0.29) is 0 Å². The molecule has 0 spiro atoms. The third kappa shape index (κ3) is 3.11. The van der Waals surface area contributed by atoms with Gasteiger partial charge in [-0.2, -0.15) is 10.0 Å². The van der Waals surface area contributed by atoms with E-state index in [1.807, 2.05) is 0 Å². The van der Waals surface area contributed by atoms with Crippen molar-refractivity contribution in [2.45, 2.75) is 9.79 Å². The Labute approximate surface area is 191 Å². The van der Waals surface area contributed by atoms with Gasteiger partial charge >= 0.3 is 0 Å². The molecule has 156 valence electrons. The summed E-state index contributed by atoms with van der Waals surface area (Å²) in [5, 5.41) is 6.20. The molecule has 0 aromatic heterocycles. The summed E-state index contributed by atoms with van der Waals surface area (Å²) in [6.07, 6.45) is 4.81. The fourth-order valence-electron chi connectivity index (χ4n) is 4.81. The van der Waals surface area contributed by atoms with Gasteiger partial charge in [0.1, 0.15) is 0 Å². The third-order valence-electron chi connectivity index (χ3n) is 6.49. The van der Waals surface area contributed by atoms with Gasteiger partial charge in [0.15, 0.2) is 0 Å². The highest BCUT2D eigenvalue weighted by molar-refractivity contribution is 8.33. The average Bonchev–Trinajstić information content (AvgIpc) is 3.06. The quantitative estimate of drug-likeness (QED) is 0.301. The number of hydrogen-bond donors (Lipinski definition) is 1. The zero-order valence-corrected chi connectivity index (χ0v) is 19.1. The molecule has 0 saturated heterocycles. The van der Waals surface area contributed by atoms with Gasteiger partial charge in [-0.1, -0.05) is 72.8 Å². The lowest BCUT2D eigenvalue weighted by molar-refractivity contribution is 1.43. The molecule has 0 unspecified atom stereocenters. The first-order chi connectivity index (χ1) is 15.6. The van der Waals surface area contributed by atoms with Crippen LogP contribution in [0.15, 0.2) is 119 Å². The Morgan fingerprint density at radius 3 is 2.12 bits per heavy atom. The molecular formula is C30H25NS. The minimum absolute atomic E-state index is 0.992. The van der Waals surface area contributed by atoms with Crippen LogP contribution in [0.5, 0.6) is 0 Å². The maximum atomic E-state index is 3.66. The summed E-state index contributed by atoms with van der Waals surface area (Å²) < 4.78 is 0. The maximum Gasteiger partial charge on any atom is 0.0395 e. The summed E-state index contributed by atoms with van der Waals surface area (Å²) in [6.45, 7) is 0. The van der Waals surface area contributed by atoms with E-state index in [4.69, 9.17) is 0 Å². The molecule has 0 bridgehead atoms. The van der Waals surface area contributed by atoms with Crippen molar-refractivity contribution in [3.05, 3.63) is 109 Å². The Kier molecular flexibility index (Phi) is 4.38. The van der Waals surface area contributed by atoms with Gasteiger partial charge in [-0.3, -0.25) is 0 Å². The Hall–Kier alpha value is -3.49. The van der Waals surface area contributed by atoms with E-state index in [1.165, 1.54) is 42.8 Å². The fourth-order valence-corrected chi connectivity index (χ4v) is 7.34. The summed E-state index contributed by atoms with van der Waals surface area (Å²) in [5.74, 6) is 0. The van der Waals surface area contributed by atoms with Crippen LogP contribution in [-0.4, -0.2) is 12.5 Å². The molecule has 1 aliphatic heterocycles. The second-order valence-electron chi connectivity index (χ2n) is 8.80. The Balaban J connectivity index is 1.34. The Morgan fingerprint density at radius 2 is 1.22 bits per heavy atom. The minimum Gasteiger partial charge on any atom is -0.355 e. The third-order valence-corrected chi connectivity index (χ3v) is 9.39. The van der Waals surface area contributed by atoms with Gasteiger partial charge in [-0.05, 0) is 81.9 Å². The lowest BCUT2D eigenvalue weighted by Crippen LogP contribution is -1.95. The van der Waals surface area contributed by atoms with E-state index in [2.05, 4.69) is 127 Å². The number of rotatable bonds is 3. The van der Waals surface area contributed by atoms with Crippen molar-refractivity contribution < 1.29 is 0 Å². The first kappa shape index (κ1) is 19.2. The number of nitrogens with one attached hydrogen (secondary N) is 1. The van der Waals surface area contributed by atoms with Crippen molar-refractivity contribution in [2.24, 2.45) is 0 Å². The highest BCUT2D eigenvalue weighted by atomic mass is 32.3. The molecule has 1 aliphatic rings. The molecule has 1 heterocycles. The molecule has 0 saturated carbocycles. The van der Waals surface area contributed by atoms with Crippen LogP contribution in [0.1, 0.15) is 0 Å². The molecule has 1 N–H and O–H groups in total. The van der Waals surface area contributed by atoms with Crippen LogP contribution in [-0.2, 0) is 0 Å². The summed E-state index contributed by atoms with van der Waals surface area (Å²) in [5.41, 5.74) is 7.50. The first-order valence-corrected chi connectivity index (χ1v) is 13.4. The van der Waals surface area contributed by atoms with E-state index < -0.39 is 10.0 Å². The molecule has 32 heavy (non-hydrogen) atoms.